The maximum absolute atomic E-state index is 5.63. The maximum atomic E-state index is 5.63. The molecule has 0 aliphatic carbocycles. The molecule has 0 saturated carbocycles. The van der Waals surface area contributed by atoms with Gasteiger partial charge in [0.15, 0.2) is 5.82 Å². The van der Waals surface area contributed by atoms with E-state index in [2.05, 4.69) is 15.0 Å². The van der Waals surface area contributed by atoms with E-state index >= 15 is 0 Å². The lowest BCUT2D eigenvalue weighted by Crippen LogP contribution is -2.06. The maximum Gasteiger partial charge on any atom is 0.321 e. The Morgan fingerprint density at radius 2 is 1.95 bits per heavy atom. The average Bonchev–Trinajstić information content (AvgIpc) is 2.37. The van der Waals surface area contributed by atoms with Crippen LogP contribution in [0.2, 0.25) is 0 Å². The van der Waals surface area contributed by atoms with Crippen LogP contribution < -0.4 is 15.2 Å². The van der Waals surface area contributed by atoms with E-state index in [-0.39, 0.29) is 18.1 Å². The lowest BCUT2D eigenvalue weighted by atomic mass is 10.2. The van der Waals surface area contributed by atoms with Crippen molar-refractivity contribution >= 4 is 5.95 Å². The van der Waals surface area contributed by atoms with Crippen LogP contribution in [0.15, 0.2) is 24.3 Å². The molecule has 2 N–H and O–H groups in total. The molecule has 1 aromatic carbocycles. The SMILES string of the molecule is COc1nc(N)nc(-c2cccc(OC(C)C)c2)n1. The zero-order chi connectivity index (χ0) is 13.8. The van der Waals surface area contributed by atoms with Crippen LogP contribution in [0.4, 0.5) is 5.95 Å². The molecule has 0 spiro atoms. The van der Waals surface area contributed by atoms with Gasteiger partial charge in [0.1, 0.15) is 5.75 Å². The molecule has 0 unspecified atom stereocenters. The summed E-state index contributed by atoms with van der Waals surface area (Å²) in [6, 6.07) is 7.68. The summed E-state index contributed by atoms with van der Waals surface area (Å²) < 4.78 is 10.6. The van der Waals surface area contributed by atoms with Crippen LogP contribution in [0, 0.1) is 0 Å². The number of aromatic nitrogens is 3. The quantitative estimate of drug-likeness (QED) is 0.904. The molecule has 0 atom stereocenters. The van der Waals surface area contributed by atoms with E-state index in [1.807, 2.05) is 38.1 Å². The van der Waals surface area contributed by atoms with Crippen molar-refractivity contribution in [3.05, 3.63) is 24.3 Å². The first-order valence-corrected chi connectivity index (χ1v) is 5.91. The highest BCUT2D eigenvalue weighted by atomic mass is 16.5. The summed E-state index contributed by atoms with van der Waals surface area (Å²) in [5.41, 5.74) is 6.41. The van der Waals surface area contributed by atoms with Gasteiger partial charge in [-0.15, -0.1) is 0 Å². The smallest absolute Gasteiger partial charge is 0.321 e. The van der Waals surface area contributed by atoms with Crippen molar-refractivity contribution in [2.75, 3.05) is 12.8 Å². The second-order valence-electron chi connectivity index (χ2n) is 4.20. The van der Waals surface area contributed by atoms with Crippen molar-refractivity contribution in [3.63, 3.8) is 0 Å². The lowest BCUT2D eigenvalue weighted by Gasteiger charge is -2.10. The highest BCUT2D eigenvalue weighted by Crippen LogP contribution is 2.23. The fourth-order valence-corrected chi connectivity index (χ4v) is 1.57. The lowest BCUT2D eigenvalue weighted by molar-refractivity contribution is 0.242. The van der Waals surface area contributed by atoms with E-state index in [4.69, 9.17) is 15.2 Å². The number of methoxy groups -OCH3 is 1. The number of anilines is 1. The zero-order valence-corrected chi connectivity index (χ0v) is 11.1. The molecule has 19 heavy (non-hydrogen) atoms. The molecule has 1 aromatic heterocycles. The summed E-state index contributed by atoms with van der Waals surface area (Å²) in [6.07, 6.45) is 0.105. The molecule has 0 bridgehead atoms. The van der Waals surface area contributed by atoms with Gasteiger partial charge in [-0.05, 0) is 26.0 Å². The topological polar surface area (TPSA) is 83.2 Å². The molecule has 6 nitrogen and oxygen atoms in total. The molecule has 100 valence electrons. The van der Waals surface area contributed by atoms with E-state index in [0.717, 1.165) is 11.3 Å². The van der Waals surface area contributed by atoms with E-state index in [1.54, 1.807) is 0 Å². The van der Waals surface area contributed by atoms with Gasteiger partial charge in [0, 0.05) is 5.56 Å². The summed E-state index contributed by atoms with van der Waals surface area (Å²) in [5, 5.41) is 0. The second kappa shape index (κ2) is 5.51. The summed E-state index contributed by atoms with van der Waals surface area (Å²) in [4.78, 5) is 12.1. The van der Waals surface area contributed by atoms with Crippen LogP contribution in [-0.2, 0) is 0 Å². The molecule has 2 rings (SSSR count). The largest absolute Gasteiger partial charge is 0.491 e. The predicted molar refractivity (Wildman–Crippen MR) is 72.0 cm³/mol. The van der Waals surface area contributed by atoms with Gasteiger partial charge in [0.05, 0.1) is 13.2 Å². The fraction of sp³-hybridized carbons (Fsp3) is 0.308. The Hall–Kier alpha value is -2.37. The summed E-state index contributed by atoms with van der Waals surface area (Å²) in [5.74, 6) is 1.33. The van der Waals surface area contributed by atoms with Gasteiger partial charge in [-0.1, -0.05) is 12.1 Å². The molecule has 1 heterocycles. The monoisotopic (exact) mass is 260 g/mol. The molecule has 0 fully saturated rings. The minimum absolute atomic E-state index is 0.105. The van der Waals surface area contributed by atoms with Crippen molar-refractivity contribution in [1.82, 2.24) is 15.0 Å². The Kier molecular flexibility index (Phi) is 3.79. The molecule has 2 aromatic rings. The number of benzene rings is 1. The standard InChI is InChI=1S/C13H16N4O2/c1-8(2)19-10-6-4-5-9(7-10)11-15-12(14)17-13(16-11)18-3/h4-8H,1-3H3,(H2,14,15,16,17). The number of nitrogens with two attached hydrogens (primary N) is 1. The molecule has 0 aliphatic rings. The van der Waals surface area contributed by atoms with Crippen molar-refractivity contribution < 1.29 is 9.47 Å². The second-order valence-corrected chi connectivity index (χ2v) is 4.20. The van der Waals surface area contributed by atoms with E-state index < -0.39 is 0 Å². The van der Waals surface area contributed by atoms with Crippen LogP contribution in [-0.4, -0.2) is 28.2 Å². The van der Waals surface area contributed by atoms with Gasteiger partial charge < -0.3 is 15.2 Å². The van der Waals surface area contributed by atoms with Gasteiger partial charge in [0.25, 0.3) is 0 Å². The molecule has 6 heteroatoms. The molecule has 0 aliphatic heterocycles. The van der Waals surface area contributed by atoms with Gasteiger partial charge in [-0.25, -0.2) is 0 Å². The normalized spacial score (nSPS) is 10.5. The van der Waals surface area contributed by atoms with Gasteiger partial charge >= 0.3 is 6.01 Å². The average molecular weight is 260 g/mol. The first-order valence-electron chi connectivity index (χ1n) is 5.91. The number of nitrogens with zero attached hydrogens (tertiary/aromatic N) is 3. The van der Waals surface area contributed by atoms with Crippen LogP contribution in [0.3, 0.4) is 0 Å². The van der Waals surface area contributed by atoms with Crippen LogP contribution in [0.1, 0.15) is 13.8 Å². The fourth-order valence-electron chi connectivity index (χ4n) is 1.57. The molecule has 0 amide bonds. The van der Waals surface area contributed by atoms with Crippen molar-refractivity contribution in [1.29, 1.82) is 0 Å². The van der Waals surface area contributed by atoms with Gasteiger partial charge in [-0.3, -0.25) is 0 Å². The number of hydrogen-bond donors (Lipinski definition) is 1. The minimum atomic E-state index is 0.105. The van der Waals surface area contributed by atoms with Crippen LogP contribution in [0.5, 0.6) is 11.8 Å². The number of hydrogen-bond acceptors (Lipinski definition) is 6. The molecular weight excluding hydrogens is 244 g/mol. The summed E-state index contributed by atoms with van der Waals surface area (Å²) in [6.45, 7) is 3.94. The number of nitrogen functional groups attached to an aromatic ring is 1. The Balaban J connectivity index is 2.38. The van der Waals surface area contributed by atoms with E-state index in [0.29, 0.717) is 5.82 Å². The molecule has 0 radical (unpaired) electrons. The molecular formula is C13H16N4O2. The summed E-state index contributed by atoms with van der Waals surface area (Å²) in [7, 11) is 1.48. The van der Waals surface area contributed by atoms with Crippen molar-refractivity contribution in [2.45, 2.75) is 20.0 Å². The highest BCUT2D eigenvalue weighted by Gasteiger charge is 2.08. The Morgan fingerprint density at radius 1 is 1.16 bits per heavy atom. The van der Waals surface area contributed by atoms with Crippen molar-refractivity contribution in [2.24, 2.45) is 0 Å². The van der Waals surface area contributed by atoms with Crippen LogP contribution in [0.25, 0.3) is 11.4 Å². The van der Waals surface area contributed by atoms with E-state index in [9.17, 15) is 0 Å². The Morgan fingerprint density at radius 3 is 2.63 bits per heavy atom. The van der Waals surface area contributed by atoms with Crippen LogP contribution >= 0.6 is 0 Å². The third-order valence-electron chi connectivity index (χ3n) is 2.28. The summed E-state index contributed by atoms with van der Waals surface area (Å²) >= 11 is 0. The predicted octanol–water partition coefficient (Wildman–Crippen LogP) is 1.92. The zero-order valence-electron chi connectivity index (χ0n) is 11.1. The number of rotatable bonds is 4. The van der Waals surface area contributed by atoms with Gasteiger partial charge in [0.2, 0.25) is 5.95 Å². The molecule has 0 saturated heterocycles. The Labute approximate surface area is 111 Å². The van der Waals surface area contributed by atoms with Gasteiger partial charge in [-0.2, -0.15) is 15.0 Å². The number of ether oxygens (including phenoxy) is 2. The third-order valence-corrected chi connectivity index (χ3v) is 2.28. The first kappa shape index (κ1) is 13.1. The first-order chi connectivity index (χ1) is 9.08. The van der Waals surface area contributed by atoms with E-state index in [1.165, 1.54) is 7.11 Å². The highest BCUT2D eigenvalue weighted by molar-refractivity contribution is 5.58. The third kappa shape index (κ3) is 3.31. The Bertz CT molecular complexity index is 572. The minimum Gasteiger partial charge on any atom is -0.491 e. The van der Waals surface area contributed by atoms with Crippen molar-refractivity contribution in [3.8, 4) is 23.1 Å².